The van der Waals surface area contributed by atoms with E-state index in [1.54, 1.807) is 0 Å². The van der Waals surface area contributed by atoms with Gasteiger partial charge in [-0.15, -0.1) is 0 Å². The lowest BCUT2D eigenvalue weighted by Crippen LogP contribution is -2.41. The van der Waals surface area contributed by atoms with Gasteiger partial charge in [0.2, 0.25) is 5.88 Å². The van der Waals surface area contributed by atoms with Crippen molar-refractivity contribution < 1.29 is 9.47 Å². The molecule has 2 N–H and O–H groups in total. The number of morpholine rings is 1. The number of hydrogen-bond donors (Lipinski definition) is 2. The number of benzene rings is 1. The number of fused-ring (bicyclic) bond motifs is 2. The molecule has 0 radical (unpaired) electrons. The van der Waals surface area contributed by atoms with Crippen LogP contribution in [0.25, 0.3) is 0 Å². The minimum absolute atomic E-state index is 0.325. The minimum Gasteiger partial charge on any atom is -0.476 e. The van der Waals surface area contributed by atoms with Crippen LogP contribution in [0.3, 0.4) is 0 Å². The van der Waals surface area contributed by atoms with E-state index in [0.29, 0.717) is 42.4 Å². The van der Waals surface area contributed by atoms with Gasteiger partial charge in [0, 0.05) is 62.2 Å². The molecule has 3 aliphatic heterocycles. The summed E-state index contributed by atoms with van der Waals surface area (Å²) in [6.07, 6.45) is 3.31. The van der Waals surface area contributed by atoms with Crippen molar-refractivity contribution in [3.63, 3.8) is 0 Å². The van der Waals surface area contributed by atoms with E-state index in [1.807, 2.05) is 0 Å². The Morgan fingerprint density at radius 2 is 1.90 bits per heavy atom. The maximum absolute atomic E-state index is 6.60. The number of hydrazine groups is 1. The van der Waals surface area contributed by atoms with E-state index in [0.717, 1.165) is 64.1 Å². The molecule has 0 amide bonds. The second-order valence-corrected chi connectivity index (χ2v) is 12.8. The number of ether oxygens (including phenoxy) is 2. The van der Waals surface area contributed by atoms with Crippen molar-refractivity contribution in [2.45, 2.75) is 84.3 Å². The molecule has 0 spiro atoms. The lowest BCUT2D eigenvalue weighted by Gasteiger charge is -2.39. The van der Waals surface area contributed by atoms with E-state index >= 15 is 0 Å². The van der Waals surface area contributed by atoms with Crippen molar-refractivity contribution in [3.05, 3.63) is 46.4 Å². The zero-order chi connectivity index (χ0) is 27.8. The van der Waals surface area contributed by atoms with Crippen LogP contribution in [-0.4, -0.2) is 73.0 Å². The lowest BCUT2D eigenvalue weighted by atomic mass is 9.68. The Kier molecular flexibility index (Phi) is 8.31. The molecule has 1 aromatic carbocycles. The molecule has 5 unspecified atom stereocenters. The molecule has 4 heterocycles. The van der Waals surface area contributed by atoms with Crippen LogP contribution in [0.2, 0.25) is 0 Å². The molecule has 218 valence electrons. The molecule has 5 atom stereocenters. The van der Waals surface area contributed by atoms with Crippen LogP contribution in [0, 0.1) is 18.8 Å². The second kappa shape index (κ2) is 11.9. The van der Waals surface area contributed by atoms with E-state index in [4.69, 9.17) is 19.4 Å². The minimum atomic E-state index is 0.325. The van der Waals surface area contributed by atoms with Crippen LogP contribution in [0.4, 0.5) is 5.69 Å². The summed E-state index contributed by atoms with van der Waals surface area (Å²) in [6.45, 7) is 18.3. The van der Waals surface area contributed by atoms with Crippen LogP contribution >= 0.6 is 0 Å². The fraction of sp³-hybridized carbons (Fsp3) is 0.688. The van der Waals surface area contributed by atoms with Crippen LogP contribution in [0.1, 0.15) is 80.6 Å². The zero-order valence-corrected chi connectivity index (χ0v) is 25.1. The third kappa shape index (κ3) is 5.60. The van der Waals surface area contributed by atoms with Crippen LogP contribution < -0.4 is 20.5 Å². The van der Waals surface area contributed by atoms with Crippen LogP contribution in [0.15, 0.2) is 18.2 Å². The Hall–Kier alpha value is -2.26. The summed E-state index contributed by atoms with van der Waals surface area (Å²) in [6, 6.07) is 7.79. The van der Waals surface area contributed by atoms with Gasteiger partial charge in [-0.25, -0.2) is 4.98 Å². The average molecular weight is 549 g/mol. The van der Waals surface area contributed by atoms with E-state index in [1.165, 1.54) is 40.9 Å². The normalized spacial score (nSPS) is 28.9. The Balaban J connectivity index is 1.31. The van der Waals surface area contributed by atoms with Crippen molar-refractivity contribution >= 4 is 5.69 Å². The number of hydrogen-bond acceptors (Lipinski definition) is 8. The van der Waals surface area contributed by atoms with Crippen LogP contribution in [0.5, 0.6) is 5.88 Å². The highest BCUT2D eigenvalue weighted by Crippen LogP contribution is 2.45. The fourth-order valence-corrected chi connectivity index (χ4v) is 7.33. The quantitative estimate of drug-likeness (QED) is 0.534. The molecule has 40 heavy (non-hydrogen) atoms. The molecule has 3 fully saturated rings. The molecule has 8 heteroatoms. The molecule has 0 bridgehead atoms. The molecule has 2 saturated heterocycles. The highest BCUT2D eigenvalue weighted by molar-refractivity contribution is 5.57. The van der Waals surface area contributed by atoms with Gasteiger partial charge in [-0.2, -0.15) is 4.98 Å². The van der Waals surface area contributed by atoms with Gasteiger partial charge in [-0.05, 0) is 55.7 Å². The standard InChI is InChI=1S/C32H48N6O2/c1-20(2)24-8-6-21(3)28(18-24)38-11-10-26-25(19-38)32(40-17-14-37-12-15-39-16-13-37)34-31(33-26)29-22(4)7-9-27-30(29)23(5)35-36-27/h6,8,18,20,22-23,27,29-30,35-36H,7,9-17,19H2,1-5H3. The van der Waals surface area contributed by atoms with Crippen LogP contribution in [-0.2, 0) is 17.7 Å². The third-order valence-corrected chi connectivity index (χ3v) is 9.83. The van der Waals surface area contributed by atoms with Crippen molar-refractivity contribution in [2.75, 3.05) is 50.9 Å². The van der Waals surface area contributed by atoms with Gasteiger partial charge in [0.25, 0.3) is 0 Å². The lowest BCUT2D eigenvalue weighted by molar-refractivity contribution is 0.0319. The average Bonchev–Trinajstić information content (AvgIpc) is 3.33. The number of aromatic nitrogens is 2. The third-order valence-electron chi connectivity index (χ3n) is 9.83. The molecule has 1 aromatic heterocycles. The monoisotopic (exact) mass is 548 g/mol. The van der Waals surface area contributed by atoms with Crippen molar-refractivity contribution in [2.24, 2.45) is 11.8 Å². The molecule has 4 aliphatic rings. The van der Waals surface area contributed by atoms with Gasteiger partial charge >= 0.3 is 0 Å². The maximum atomic E-state index is 6.60. The fourth-order valence-electron chi connectivity index (χ4n) is 7.33. The molecular weight excluding hydrogens is 500 g/mol. The Bertz CT molecular complexity index is 1180. The summed E-state index contributed by atoms with van der Waals surface area (Å²) >= 11 is 0. The topological polar surface area (TPSA) is 74.8 Å². The first-order chi connectivity index (χ1) is 19.4. The smallest absolute Gasteiger partial charge is 0.222 e. The first kappa shape index (κ1) is 27.9. The number of anilines is 1. The van der Waals surface area contributed by atoms with Crippen molar-refractivity contribution in [3.8, 4) is 5.88 Å². The summed E-state index contributed by atoms with van der Waals surface area (Å²) < 4.78 is 12.1. The Morgan fingerprint density at radius 1 is 1.07 bits per heavy atom. The van der Waals surface area contributed by atoms with E-state index in [2.05, 4.69) is 73.5 Å². The molecule has 2 aromatic rings. The van der Waals surface area contributed by atoms with Crippen molar-refractivity contribution in [1.29, 1.82) is 0 Å². The van der Waals surface area contributed by atoms with E-state index in [9.17, 15) is 0 Å². The molecule has 6 rings (SSSR count). The number of nitrogens with one attached hydrogen (secondary N) is 2. The summed E-state index contributed by atoms with van der Waals surface area (Å²) in [5.41, 5.74) is 13.4. The highest BCUT2D eigenvalue weighted by Gasteiger charge is 2.46. The van der Waals surface area contributed by atoms with Gasteiger partial charge in [0.15, 0.2) is 0 Å². The summed E-state index contributed by atoms with van der Waals surface area (Å²) in [5, 5.41) is 0. The summed E-state index contributed by atoms with van der Waals surface area (Å²) in [5.74, 6) is 3.66. The Labute approximate surface area is 240 Å². The predicted molar refractivity (Wildman–Crippen MR) is 159 cm³/mol. The first-order valence-electron chi connectivity index (χ1n) is 15.6. The molecule has 1 saturated carbocycles. The molecule has 8 nitrogen and oxygen atoms in total. The summed E-state index contributed by atoms with van der Waals surface area (Å²) in [7, 11) is 0. The number of aryl methyl sites for hydroxylation is 1. The van der Waals surface area contributed by atoms with Crippen molar-refractivity contribution in [1.82, 2.24) is 25.7 Å². The zero-order valence-electron chi connectivity index (χ0n) is 25.1. The number of nitrogens with zero attached hydrogens (tertiary/aromatic N) is 4. The first-order valence-corrected chi connectivity index (χ1v) is 15.6. The largest absolute Gasteiger partial charge is 0.476 e. The predicted octanol–water partition coefficient (Wildman–Crippen LogP) is 4.18. The number of rotatable bonds is 7. The summed E-state index contributed by atoms with van der Waals surface area (Å²) in [4.78, 5) is 15.5. The SMILES string of the molecule is Cc1ccc(C(C)C)cc1N1CCc2nc(C3C(C)CCC4NNC(C)C43)nc(OCCN3CCOCC3)c2C1. The van der Waals surface area contributed by atoms with Gasteiger partial charge in [-0.3, -0.25) is 15.8 Å². The molecular formula is C32H48N6O2. The highest BCUT2D eigenvalue weighted by atomic mass is 16.5. The van der Waals surface area contributed by atoms with Gasteiger partial charge in [-0.1, -0.05) is 32.9 Å². The van der Waals surface area contributed by atoms with Gasteiger partial charge in [0.05, 0.1) is 31.0 Å². The van der Waals surface area contributed by atoms with E-state index in [-0.39, 0.29) is 0 Å². The van der Waals surface area contributed by atoms with E-state index < -0.39 is 0 Å². The maximum Gasteiger partial charge on any atom is 0.222 e. The van der Waals surface area contributed by atoms with Gasteiger partial charge in [0.1, 0.15) is 12.4 Å². The molecule has 1 aliphatic carbocycles. The second-order valence-electron chi connectivity index (χ2n) is 12.8. The Morgan fingerprint density at radius 3 is 2.70 bits per heavy atom. The van der Waals surface area contributed by atoms with Gasteiger partial charge < -0.3 is 14.4 Å².